The number of carbonyl (C=O) groups is 1. The smallest absolute Gasteiger partial charge is 0.438 e. The summed E-state index contributed by atoms with van der Waals surface area (Å²) in [5.74, 6) is 0.241. The molecule has 2 aromatic carbocycles. The predicted molar refractivity (Wildman–Crippen MR) is 102 cm³/mol. The maximum atomic E-state index is 13.4. The number of amides is 1. The molecule has 0 aromatic heterocycles. The summed E-state index contributed by atoms with van der Waals surface area (Å²) in [6.07, 6.45) is -5.90. The minimum Gasteiger partial charge on any atom is -0.494 e. The zero-order chi connectivity index (χ0) is 21.9. The zero-order valence-corrected chi connectivity index (χ0v) is 16.2. The molecule has 0 radical (unpaired) electrons. The van der Waals surface area contributed by atoms with Gasteiger partial charge in [-0.25, -0.2) is 5.01 Å². The second-order valence-corrected chi connectivity index (χ2v) is 6.74. The number of nitrogens with zero attached hydrogens (tertiary/aromatic N) is 1. The molecule has 2 aromatic rings. The SMILES string of the molecule is C=C1CC(O)(C(F)(F)F)N(C(=O)c2cccc(COc3ccc(OCC)cc3)c2)N1. The Labute approximate surface area is 171 Å². The number of carbonyl (C=O) groups excluding carboxylic acids is 1. The van der Waals surface area contributed by atoms with Crippen LogP contribution in [0.2, 0.25) is 0 Å². The summed E-state index contributed by atoms with van der Waals surface area (Å²) >= 11 is 0. The molecule has 1 fully saturated rings. The maximum absolute atomic E-state index is 13.4. The Balaban J connectivity index is 1.73. The van der Waals surface area contributed by atoms with E-state index in [9.17, 15) is 23.1 Å². The van der Waals surface area contributed by atoms with Crippen LogP contribution < -0.4 is 14.9 Å². The zero-order valence-electron chi connectivity index (χ0n) is 16.2. The molecule has 0 bridgehead atoms. The number of rotatable bonds is 6. The lowest BCUT2D eigenvalue weighted by Crippen LogP contribution is -2.59. The Morgan fingerprint density at radius 1 is 1.20 bits per heavy atom. The molecule has 1 amide bonds. The number of halogens is 3. The number of ether oxygens (including phenoxy) is 2. The first-order valence-electron chi connectivity index (χ1n) is 9.17. The third kappa shape index (κ3) is 4.35. The summed E-state index contributed by atoms with van der Waals surface area (Å²) < 4.78 is 51.1. The molecule has 1 aliphatic rings. The van der Waals surface area contributed by atoms with Crippen molar-refractivity contribution in [1.29, 1.82) is 0 Å². The van der Waals surface area contributed by atoms with Crippen LogP contribution in [0.5, 0.6) is 11.5 Å². The van der Waals surface area contributed by atoms with E-state index < -0.39 is 24.2 Å². The lowest BCUT2D eigenvalue weighted by Gasteiger charge is -2.33. The van der Waals surface area contributed by atoms with E-state index in [-0.39, 0.29) is 22.9 Å². The van der Waals surface area contributed by atoms with E-state index >= 15 is 0 Å². The lowest BCUT2D eigenvalue weighted by atomic mass is 10.1. The van der Waals surface area contributed by atoms with Gasteiger partial charge in [-0.05, 0) is 48.9 Å². The van der Waals surface area contributed by atoms with Crippen LogP contribution >= 0.6 is 0 Å². The number of benzene rings is 2. The van der Waals surface area contributed by atoms with Crippen LogP contribution in [-0.4, -0.2) is 34.5 Å². The second-order valence-electron chi connectivity index (χ2n) is 6.74. The van der Waals surface area contributed by atoms with Crippen LogP contribution in [0, 0.1) is 0 Å². The lowest BCUT2D eigenvalue weighted by molar-refractivity contribution is -0.299. The van der Waals surface area contributed by atoms with Gasteiger partial charge in [-0.2, -0.15) is 13.2 Å². The molecule has 0 aliphatic carbocycles. The van der Waals surface area contributed by atoms with Gasteiger partial charge < -0.3 is 14.6 Å². The minimum absolute atomic E-state index is 0.0346. The van der Waals surface area contributed by atoms with Gasteiger partial charge in [-0.3, -0.25) is 10.2 Å². The van der Waals surface area contributed by atoms with Gasteiger partial charge in [0.05, 0.1) is 6.61 Å². The molecule has 1 atom stereocenters. The van der Waals surface area contributed by atoms with Crippen LogP contribution in [0.3, 0.4) is 0 Å². The van der Waals surface area contributed by atoms with Crippen LogP contribution in [0.15, 0.2) is 60.8 Å². The molecule has 1 saturated heterocycles. The van der Waals surface area contributed by atoms with E-state index in [4.69, 9.17) is 9.47 Å². The average Bonchev–Trinajstić information content (AvgIpc) is 3.03. The fourth-order valence-electron chi connectivity index (χ4n) is 3.00. The standard InChI is InChI=1S/C21H21F3N2O4/c1-3-29-17-7-9-18(10-8-17)30-13-15-5-4-6-16(11-15)19(27)26-20(28,21(22,23)24)12-14(2)25-26/h4-11,25,28H,2-3,12-13H2,1H3. The first kappa shape index (κ1) is 21.5. The van der Waals surface area contributed by atoms with Gasteiger partial charge in [0.15, 0.2) is 0 Å². The van der Waals surface area contributed by atoms with Crippen molar-refractivity contribution in [3.63, 3.8) is 0 Å². The Morgan fingerprint density at radius 2 is 1.83 bits per heavy atom. The summed E-state index contributed by atoms with van der Waals surface area (Å²) in [5, 5.41) is 10.3. The van der Waals surface area contributed by atoms with Crippen molar-refractivity contribution in [2.24, 2.45) is 0 Å². The molecule has 1 heterocycles. The number of nitrogens with one attached hydrogen (secondary N) is 1. The first-order valence-corrected chi connectivity index (χ1v) is 9.17. The highest BCUT2D eigenvalue weighted by Crippen LogP contribution is 2.41. The van der Waals surface area contributed by atoms with E-state index in [1.807, 2.05) is 6.92 Å². The Kier molecular flexibility index (Phi) is 5.93. The van der Waals surface area contributed by atoms with Gasteiger partial charge >= 0.3 is 6.18 Å². The number of alkyl halides is 3. The number of hydrogen-bond donors (Lipinski definition) is 2. The largest absolute Gasteiger partial charge is 0.494 e. The van der Waals surface area contributed by atoms with Gasteiger partial charge in [-0.15, -0.1) is 0 Å². The monoisotopic (exact) mass is 422 g/mol. The molecular weight excluding hydrogens is 401 g/mol. The number of hydrogen-bond acceptors (Lipinski definition) is 5. The molecule has 160 valence electrons. The third-order valence-electron chi connectivity index (χ3n) is 4.47. The maximum Gasteiger partial charge on any atom is 0.438 e. The van der Waals surface area contributed by atoms with Crippen molar-refractivity contribution in [2.75, 3.05) is 6.61 Å². The normalized spacial score (nSPS) is 18.8. The van der Waals surface area contributed by atoms with Crippen molar-refractivity contribution in [2.45, 2.75) is 31.9 Å². The van der Waals surface area contributed by atoms with Crippen molar-refractivity contribution in [1.82, 2.24) is 10.4 Å². The van der Waals surface area contributed by atoms with Gasteiger partial charge in [0.2, 0.25) is 0 Å². The molecule has 0 saturated carbocycles. The fraction of sp³-hybridized carbons (Fsp3) is 0.286. The fourth-order valence-corrected chi connectivity index (χ4v) is 3.00. The van der Waals surface area contributed by atoms with E-state index in [1.54, 1.807) is 30.3 Å². The first-order chi connectivity index (χ1) is 14.1. The number of hydrazine groups is 1. The van der Waals surface area contributed by atoms with Crippen molar-refractivity contribution < 1.29 is 32.5 Å². The Morgan fingerprint density at radius 3 is 2.43 bits per heavy atom. The third-order valence-corrected chi connectivity index (χ3v) is 4.47. The van der Waals surface area contributed by atoms with Gasteiger partial charge in [0.1, 0.15) is 18.1 Å². The summed E-state index contributed by atoms with van der Waals surface area (Å²) in [7, 11) is 0. The minimum atomic E-state index is -5.05. The van der Waals surface area contributed by atoms with Crippen LogP contribution in [0.1, 0.15) is 29.3 Å². The molecule has 1 aliphatic heterocycles. The second kappa shape index (κ2) is 8.27. The molecule has 6 nitrogen and oxygen atoms in total. The highest BCUT2D eigenvalue weighted by molar-refractivity contribution is 5.95. The Bertz CT molecular complexity index is 931. The average molecular weight is 422 g/mol. The number of aliphatic hydroxyl groups is 1. The molecule has 9 heteroatoms. The van der Waals surface area contributed by atoms with Crippen LogP contribution in [-0.2, 0) is 6.61 Å². The topological polar surface area (TPSA) is 71.0 Å². The van der Waals surface area contributed by atoms with E-state index in [0.29, 0.717) is 23.7 Å². The van der Waals surface area contributed by atoms with Crippen molar-refractivity contribution >= 4 is 5.91 Å². The molecule has 30 heavy (non-hydrogen) atoms. The summed E-state index contributed by atoms with van der Waals surface area (Å²) in [4.78, 5) is 12.7. The van der Waals surface area contributed by atoms with Crippen molar-refractivity contribution in [3.8, 4) is 11.5 Å². The van der Waals surface area contributed by atoms with E-state index in [0.717, 1.165) is 0 Å². The van der Waals surface area contributed by atoms with Crippen molar-refractivity contribution in [3.05, 3.63) is 71.9 Å². The highest BCUT2D eigenvalue weighted by Gasteiger charge is 2.63. The van der Waals surface area contributed by atoms with E-state index in [2.05, 4.69) is 12.0 Å². The highest BCUT2D eigenvalue weighted by atomic mass is 19.4. The summed E-state index contributed by atoms with van der Waals surface area (Å²) in [6.45, 7) is 5.91. The van der Waals surface area contributed by atoms with Crippen LogP contribution in [0.4, 0.5) is 13.2 Å². The molecule has 3 rings (SSSR count). The summed E-state index contributed by atoms with van der Waals surface area (Å²) in [6, 6.07) is 12.9. The molecule has 0 spiro atoms. The van der Waals surface area contributed by atoms with Crippen LogP contribution in [0.25, 0.3) is 0 Å². The molecule has 2 N–H and O–H groups in total. The van der Waals surface area contributed by atoms with E-state index in [1.165, 1.54) is 18.2 Å². The van der Waals surface area contributed by atoms with Gasteiger partial charge in [-0.1, -0.05) is 18.7 Å². The predicted octanol–water partition coefficient (Wildman–Crippen LogP) is 3.78. The summed E-state index contributed by atoms with van der Waals surface area (Å²) in [5.41, 5.74) is -0.722. The van der Waals surface area contributed by atoms with Gasteiger partial charge in [0.25, 0.3) is 11.6 Å². The molecule has 1 unspecified atom stereocenters. The quantitative estimate of drug-likeness (QED) is 0.742. The Hall–Kier alpha value is -3.20. The van der Waals surface area contributed by atoms with Gasteiger partial charge in [0, 0.05) is 17.7 Å². The molecular formula is C21H21F3N2O4.